The van der Waals surface area contributed by atoms with E-state index in [4.69, 9.17) is 10.5 Å². The number of rotatable bonds is 10. The number of aromatic nitrogens is 2. The number of benzene rings is 2. The van der Waals surface area contributed by atoms with Crippen LogP contribution in [0.25, 0.3) is 0 Å². The lowest BCUT2D eigenvalue weighted by atomic mass is 10.1. The Labute approximate surface area is 192 Å². The second-order valence-electron chi connectivity index (χ2n) is 8.34. The van der Waals surface area contributed by atoms with Gasteiger partial charge in [-0.2, -0.15) is 4.39 Å². The predicted octanol–water partition coefficient (Wildman–Crippen LogP) is 3.74. The van der Waals surface area contributed by atoms with Crippen molar-refractivity contribution in [1.82, 2.24) is 9.97 Å². The van der Waals surface area contributed by atoms with Gasteiger partial charge in [0.05, 0.1) is 13.5 Å². The minimum atomic E-state index is -0.464. The van der Waals surface area contributed by atoms with Gasteiger partial charge in [-0.1, -0.05) is 36.4 Å². The molecule has 33 heavy (non-hydrogen) atoms. The molecule has 0 atom stereocenters. The van der Waals surface area contributed by atoms with Crippen LogP contribution in [-0.4, -0.2) is 29.0 Å². The molecule has 0 unspecified atom stereocenters. The molecule has 0 spiro atoms. The zero-order valence-electron chi connectivity index (χ0n) is 18.8. The number of carbonyl (C=O) groups excluding carboxylic acids is 1. The van der Waals surface area contributed by atoms with E-state index in [0.29, 0.717) is 18.9 Å². The van der Waals surface area contributed by atoms with Crippen molar-refractivity contribution >= 4 is 17.5 Å². The van der Waals surface area contributed by atoms with Crippen molar-refractivity contribution in [2.45, 2.75) is 45.3 Å². The molecule has 8 heteroatoms. The molecule has 1 heterocycles. The van der Waals surface area contributed by atoms with Crippen LogP contribution in [0.4, 0.5) is 16.0 Å². The van der Waals surface area contributed by atoms with Gasteiger partial charge in [0.15, 0.2) is 11.6 Å². The number of nitrogens with zero attached hydrogens (tertiary/aromatic N) is 3. The van der Waals surface area contributed by atoms with Crippen LogP contribution in [0.5, 0.6) is 5.75 Å². The summed E-state index contributed by atoms with van der Waals surface area (Å²) in [5.74, 6) is 0.435. The summed E-state index contributed by atoms with van der Waals surface area (Å²) in [5.41, 5.74) is 9.10. The van der Waals surface area contributed by atoms with Gasteiger partial charge >= 0.3 is 0 Å². The van der Waals surface area contributed by atoms with Crippen molar-refractivity contribution in [1.29, 1.82) is 0 Å². The Kier molecular flexibility index (Phi) is 6.72. The molecule has 2 aromatic carbocycles. The van der Waals surface area contributed by atoms with E-state index >= 15 is 4.39 Å². The average Bonchev–Trinajstić information content (AvgIpc) is 3.64. The van der Waals surface area contributed by atoms with Crippen molar-refractivity contribution in [2.24, 2.45) is 5.73 Å². The van der Waals surface area contributed by atoms with E-state index in [-0.39, 0.29) is 24.2 Å². The quantitative estimate of drug-likeness (QED) is 0.490. The monoisotopic (exact) mass is 449 g/mol. The largest absolute Gasteiger partial charge is 0.496 e. The maximum Gasteiger partial charge on any atom is 0.221 e. The Bertz CT molecular complexity index is 1130. The van der Waals surface area contributed by atoms with Crippen LogP contribution in [0.2, 0.25) is 0 Å². The Hall–Kier alpha value is -3.68. The highest BCUT2D eigenvalue weighted by molar-refractivity contribution is 5.76. The minimum absolute atomic E-state index is 0.161. The number of methoxy groups -OCH3 is 1. The van der Waals surface area contributed by atoms with Gasteiger partial charge in [0.2, 0.25) is 11.7 Å². The summed E-state index contributed by atoms with van der Waals surface area (Å²) in [7, 11) is 1.65. The van der Waals surface area contributed by atoms with E-state index in [0.717, 1.165) is 40.8 Å². The number of carbonyl (C=O) groups is 1. The van der Waals surface area contributed by atoms with Gasteiger partial charge in [-0.15, -0.1) is 0 Å². The number of hydrogen-bond acceptors (Lipinski definition) is 6. The van der Waals surface area contributed by atoms with Crippen molar-refractivity contribution in [3.8, 4) is 5.75 Å². The number of hydrogen-bond donors (Lipinski definition) is 2. The van der Waals surface area contributed by atoms with Crippen LogP contribution in [-0.2, 0) is 24.3 Å². The first kappa shape index (κ1) is 22.5. The third-order valence-electron chi connectivity index (χ3n) is 5.72. The molecular weight excluding hydrogens is 421 g/mol. The van der Waals surface area contributed by atoms with Crippen molar-refractivity contribution in [3.05, 3.63) is 76.9 Å². The van der Waals surface area contributed by atoms with E-state index in [1.54, 1.807) is 7.11 Å². The first-order chi connectivity index (χ1) is 15.9. The Morgan fingerprint density at radius 2 is 1.85 bits per heavy atom. The summed E-state index contributed by atoms with van der Waals surface area (Å²) in [4.78, 5) is 21.4. The summed E-state index contributed by atoms with van der Waals surface area (Å²) in [6.45, 7) is 2.92. The van der Waals surface area contributed by atoms with E-state index in [1.807, 2.05) is 54.3 Å². The summed E-state index contributed by atoms with van der Waals surface area (Å²) in [6.07, 6.45) is 3.60. The Morgan fingerprint density at radius 1 is 1.15 bits per heavy atom. The van der Waals surface area contributed by atoms with Gasteiger partial charge in [-0.3, -0.25) is 4.79 Å². The zero-order chi connectivity index (χ0) is 23.4. The maximum absolute atomic E-state index is 15.4. The lowest BCUT2D eigenvalue weighted by Crippen LogP contribution is -2.27. The smallest absolute Gasteiger partial charge is 0.221 e. The third kappa shape index (κ3) is 5.58. The molecule has 172 valence electrons. The fourth-order valence-electron chi connectivity index (χ4n) is 3.77. The summed E-state index contributed by atoms with van der Waals surface area (Å²) in [6, 6.07) is 13.7. The molecule has 1 aliphatic carbocycles. The predicted molar refractivity (Wildman–Crippen MR) is 126 cm³/mol. The standard InChI is InChI=1S/C25H28FN5O2/c1-16-3-4-19(11-21(16)33-2)14-31(20-9-10-20)25-23(26)24(29-15-30-25)28-13-18-7-5-17(6-8-18)12-22(27)32/h3-8,11,15,20H,9-10,12-14H2,1-2H3,(H2,27,32)(H,28,29,30). The molecule has 4 rings (SSSR count). The summed E-state index contributed by atoms with van der Waals surface area (Å²) in [5, 5.41) is 3.07. The SMILES string of the molecule is COc1cc(CN(c2ncnc(NCc3ccc(CC(N)=O)cc3)c2F)C2CC2)ccc1C. The van der Waals surface area contributed by atoms with Crippen molar-refractivity contribution in [3.63, 3.8) is 0 Å². The first-order valence-electron chi connectivity index (χ1n) is 10.9. The topological polar surface area (TPSA) is 93.4 Å². The average molecular weight is 450 g/mol. The molecule has 1 saturated carbocycles. The summed E-state index contributed by atoms with van der Waals surface area (Å²) < 4.78 is 20.9. The van der Waals surface area contributed by atoms with Gasteiger partial charge in [0, 0.05) is 19.1 Å². The molecule has 0 saturated heterocycles. The molecule has 0 bridgehead atoms. The fourth-order valence-corrected chi connectivity index (χ4v) is 3.77. The highest BCUT2D eigenvalue weighted by atomic mass is 19.1. The molecule has 0 aliphatic heterocycles. The van der Waals surface area contributed by atoms with Gasteiger partial charge < -0.3 is 20.7 Å². The van der Waals surface area contributed by atoms with Crippen molar-refractivity contribution < 1.29 is 13.9 Å². The highest BCUT2D eigenvalue weighted by Gasteiger charge is 2.32. The molecule has 3 N–H and O–H groups in total. The first-order valence-corrected chi connectivity index (χ1v) is 10.9. The minimum Gasteiger partial charge on any atom is -0.496 e. The lowest BCUT2D eigenvalue weighted by Gasteiger charge is -2.25. The second kappa shape index (κ2) is 9.85. The van der Waals surface area contributed by atoms with E-state index in [2.05, 4.69) is 15.3 Å². The molecule has 1 aromatic heterocycles. The number of aryl methyl sites for hydroxylation is 1. The molecule has 7 nitrogen and oxygen atoms in total. The van der Waals surface area contributed by atoms with Gasteiger partial charge in [-0.05, 0) is 48.1 Å². The molecule has 1 fully saturated rings. The molecule has 0 radical (unpaired) electrons. The molecule has 1 aliphatic rings. The number of primary amides is 1. The van der Waals surface area contributed by atoms with Crippen molar-refractivity contribution in [2.75, 3.05) is 17.3 Å². The van der Waals surface area contributed by atoms with Crippen LogP contribution in [0.15, 0.2) is 48.8 Å². The molecular formula is C25H28FN5O2. The third-order valence-corrected chi connectivity index (χ3v) is 5.72. The number of ether oxygens (including phenoxy) is 1. The molecule has 3 aromatic rings. The van der Waals surface area contributed by atoms with Crippen LogP contribution >= 0.6 is 0 Å². The normalized spacial score (nSPS) is 12.9. The maximum atomic E-state index is 15.4. The zero-order valence-corrected chi connectivity index (χ0v) is 18.8. The van der Waals surface area contributed by atoms with E-state index in [1.165, 1.54) is 6.33 Å². The molecule has 1 amide bonds. The Balaban J connectivity index is 1.49. The van der Waals surface area contributed by atoms with Gasteiger partial charge in [0.1, 0.15) is 12.1 Å². The van der Waals surface area contributed by atoms with Crippen LogP contribution < -0.4 is 20.7 Å². The number of nitrogens with one attached hydrogen (secondary N) is 1. The van der Waals surface area contributed by atoms with E-state index in [9.17, 15) is 4.79 Å². The number of halogens is 1. The van der Waals surface area contributed by atoms with Gasteiger partial charge in [0.25, 0.3) is 0 Å². The van der Waals surface area contributed by atoms with E-state index < -0.39 is 5.82 Å². The van der Waals surface area contributed by atoms with Crippen LogP contribution in [0.1, 0.15) is 35.1 Å². The van der Waals surface area contributed by atoms with Crippen LogP contribution in [0.3, 0.4) is 0 Å². The highest BCUT2D eigenvalue weighted by Crippen LogP contribution is 2.35. The summed E-state index contributed by atoms with van der Waals surface area (Å²) >= 11 is 0. The van der Waals surface area contributed by atoms with Crippen LogP contribution in [0, 0.1) is 12.7 Å². The number of anilines is 2. The van der Waals surface area contributed by atoms with Gasteiger partial charge in [-0.25, -0.2) is 9.97 Å². The number of nitrogens with two attached hydrogens (primary N) is 1. The fraction of sp³-hybridized carbons (Fsp3) is 0.320. The Morgan fingerprint density at radius 3 is 2.52 bits per heavy atom. The second-order valence-corrected chi connectivity index (χ2v) is 8.34. The number of amides is 1. The lowest BCUT2D eigenvalue weighted by molar-refractivity contribution is -0.117.